The lowest BCUT2D eigenvalue weighted by molar-refractivity contribution is -0.122. The predicted octanol–water partition coefficient (Wildman–Crippen LogP) is 1.22. The van der Waals surface area contributed by atoms with Crippen LogP contribution in [-0.4, -0.2) is 36.1 Å². The van der Waals surface area contributed by atoms with Crippen molar-refractivity contribution >= 4 is 39.1 Å². The number of sulfonamides is 1. The molecule has 1 aliphatic rings. The number of amides is 2. The first-order valence-corrected chi connectivity index (χ1v) is 9.33. The van der Waals surface area contributed by atoms with Gasteiger partial charge in [0.05, 0.1) is 21.8 Å². The Balaban J connectivity index is 1.96. The van der Waals surface area contributed by atoms with Crippen LogP contribution >= 0.6 is 11.6 Å². The fourth-order valence-corrected chi connectivity index (χ4v) is 3.97. The maximum absolute atomic E-state index is 12.7. The van der Waals surface area contributed by atoms with Crippen molar-refractivity contribution in [2.24, 2.45) is 7.05 Å². The number of benzene rings is 1. The summed E-state index contributed by atoms with van der Waals surface area (Å²) < 4.78 is 33.9. The molecule has 26 heavy (non-hydrogen) atoms. The van der Waals surface area contributed by atoms with Crippen LogP contribution in [-0.2, 0) is 21.9 Å². The molecule has 1 aromatic heterocycles. The van der Waals surface area contributed by atoms with Crippen molar-refractivity contribution in [2.45, 2.75) is 24.8 Å². The molecule has 0 bridgehead atoms. The minimum Gasteiger partial charge on any atom is -0.479 e. The molecule has 0 spiro atoms. The van der Waals surface area contributed by atoms with Crippen molar-refractivity contribution in [3.8, 4) is 5.75 Å². The smallest absolute Gasteiger partial charge is 0.284 e. The molecule has 0 unspecified atom stereocenters. The zero-order valence-electron chi connectivity index (χ0n) is 14.0. The first-order valence-electron chi connectivity index (χ1n) is 7.47. The highest BCUT2D eigenvalue weighted by molar-refractivity contribution is 7.90. The highest BCUT2D eigenvalue weighted by Gasteiger charge is 2.29. The van der Waals surface area contributed by atoms with E-state index in [1.54, 1.807) is 13.8 Å². The number of fused-ring (bicyclic) bond motifs is 1. The average molecular weight is 399 g/mol. The standard InChI is InChI=1S/C15H15ClN4O5S/c1-7-4-10-11(25-8(2)14(21)18-10)5-12(7)26(23,24)19-15(22)13-9(16)6-17-20(13)3/h4-6,8H,1-3H3,(H,18,21)(H,19,22)/t8-/m0/s1. The van der Waals surface area contributed by atoms with Crippen LogP contribution in [0.15, 0.2) is 23.2 Å². The van der Waals surface area contributed by atoms with E-state index in [1.165, 1.54) is 30.1 Å². The van der Waals surface area contributed by atoms with Gasteiger partial charge in [-0.15, -0.1) is 0 Å². The van der Waals surface area contributed by atoms with Crippen molar-refractivity contribution in [2.75, 3.05) is 5.32 Å². The van der Waals surface area contributed by atoms with E-state index < -0.39 is 22.0 Å². The molecular weight excluding hydrogens is 384 g/mol. The number of aromatic nitrogens is 2. The van der Waals surface area contributed by atoms with Gasteiger partial charge in [-0.1, -0.05) is 11.6 Å². The van der Waals surface area contributed by atoms with Gasteiger partial charge in [0.25, 0.3) is 21.8 Å². The molecule has 0 aliphatic carbocycles. The number of aryl methyl sites for hydroxylation is 2. The van der Waals surface area contributed by atoms with Crippen LogP contribution in [0.4, 0.5) is 5.69 Å². The second-order valence-corrected chi connectivity index (χ2v) is 7.82. The number of anilines is 1. The fraction of sp³-hybridized carbons (Fsp3) is 0.267. The van der Waals surface area contributed by atoms with Crippen molar-refractivity contribution in [3.05, 3.63) is 34.6 Å². The van der Waals surface area contributed by atoms with Crippen LogP contribution in [0.1, 0.15) is 23.0 Å². The molecule has 0 fully saturated rings. The lowest BCUT2D eigenvalue weighted by atomic mass is 10.1. The number of nitrogens with one attached hydrogen (secondary N) is 2. The number of ether oxygens (including phenoxy) is 1. The normalized spacial score (nSPS) is 16.5. The molecule has 0 radical (unpaired) electrons. The Morgan fingerprint density at radius 1 is 1.42 bits per heavy atom. The molecule has 0 saturated heterocycles. The van der Waals surface area contributed by atoms with Gasteiger partial charge in [-0.3, -0.25) is 14.3 Å². The third-order valence-electron chi connectivity index (χ3n) is 3.83. The molecule has 1 aromatic carbocycles. The van der Waals surface area contributed by atoms with Gasteiger partial charge in [0.1, 0.15) is 11.4 Å². The number of halogens is 1. The van der Waals surface area contributed by atoms with Crippen LogP contribution in [0.5, 0.6) is 5.75 Å². The number of rotatable bonds is 3. The highest BCUT2D eigenvalue weighted by Crippen LogP contribution is 2.34. The van der Waals surface area contributed by atoms with Crippen LogP contribution < -0.4 is 14.8 Å². The van der Waals surface area contributed by atoms with Gasteiger partial charge in [0.2, 0.25) is 0 Å². The van der Waals surface area contributed by atoms with Crippen LogP contribution in [0.2, 0.25) is 5.02 Å². The predicted molar refractivity (Wildman–Crippen MR) is 92.8 cm³/mol. The van der Waals surface area contributed by atoms with Gasteiger partial charge < -0.3 is 10.1 Å². The molecule has 2 heterocycles. The Bertz CT molecular complexity index is 1010. The molecule has 1 atom stereocenters. The molecule has 1 aliphatic heterocycles. The molecule has 2 aromatic rings. The van der Waals surface area contributed by atoms with Gasteiger partial charge in [-0.05, 0) is 25.5 Å². The van der Waals surface area contributed by atoms with E-state index in [2.05, 4.69) is 10.4 Å². The van der Waals surface area contributed by atoms with E-state index in [9.17, 15) is 18.0 Å². The maximum Gasteiger partial charge on any atom is 0.284 e. The summed E-state index contributed by atoms with van der Waals surface area (Å²) in [6, 6.07) is 2.73. The van der Waals surface area contributed by atoms with E-state index in [0.717, 1.165) is 0 Å². The second kappa shape index (κ2) is 6.29. The Labute approximate surface area is 154 Å². The van der Waals surface area contributed by atoms with Crippen molar-refractivity contribution in [3.63, 3.8) is 0 Å². The maximum atomic E-state index is 12.7. The van der Waals surface area contributed by atoms with E-state index in [4.69, 9.17) is 16.3 Å². The zero-order valence-corrected chi connectivity index (χ0v) is 15.6. The quantitative estimate of drug-likeness (QED) is 0.802. The minimum atomic E-state index is -4.21. The van der Waals surface area contributed by atoms with Gasteiger partial charge in [-0.25, -0.2) is 13.1 Å². The number of hydrogen-bond donors (Lipinski definition) is 2. The molecule has 138 valence electrons. The summed E-state index contributed by atoms with van der Waals surface area (Å²) >= 11 is 5.87. The molecule has 0 saturated carbocycles. The first-order chi connectivity index (χ1) is 12.1. The largest absolute Gasteiger partial charge is 0.479 e. The molecule has 2 N–H and O–H groups in total. The topological polar surface area (TPSA) is 119 Å². The summed E-state index contributed by atoms with van der Waals surface area (Å²) in [5.74, 6) is -1.03. The monoisotopic (exact) mass is 398 g/mol. The third kappa shape index (κ3) is 3.13. The Hall–Kier alpha value is -2.59. The van der Waals surface area contributed by atoms with Gasteiger partial charge in [0, 0.05) is 13.1 Å². The Kier molecular flexibility index (Phi) is 4.41. The van der Waals surface area contributed by atoms with Crippen LogP contribution in [0, 0.1) is 6.92 Å². The number of carbonyl (C=O) groups excluding carboxylic acids is 2. The Morgan fingerprint density at radius 3 is 2.73 bits per heavy atom. The SMILES string of the molecule is Cc1cc2c(cc1S(=O)(=O)NC(=O)c1c(Cl)cnn1C)O[C@@H](C)C(=O)N2. The average Bonchev–Trinajstić information content (AvgIpc) is 2.86. The van der Waals surface area contributed by atoms with Crippen LogP contribution in [0.25, 0.3) is 0 Å². The van der Waals surface area contributed by atoms with E-state index in [-0.39, 0.29) is 27.3 Å². The van der Waals surface area contributed by atoms with Crippen LogP contribution in [0.3, 0.4) is 0 Å². The van der Waals surface area contributed by atoms with Gasteiger partial charge in [-0.2, -0.15) is 5.10 Å². The summed E-state index contributed by atoms with van der Waals surface area (Å²) in [6.45, 7) is 3.08. The lowest BCUT2D eigenvalue weighted by Crippen LogP contribution is -2.35. The highest BCUT2D eigenvalue weighted by atomic mass is 35.5. The summed E-state index contributed by atoms with van der Waals surface area (Å²) in [5.41, 5.74) is 0.618. The number of nitrogens with zero attached hydrogens (tertiary/aromatic N) is 2. The molecule has 9 nitrogen and oxygen atoms in total. The third-order valence-corrected chi connectivity index (χ3v) is 5.58. The first kappa shape index (κ1) is 18.2. The summed E-state index contributed by atoms with van der Waals surface area (Å²) in [4.78, 5) is 23.8. The van der Waals surface area contributed by atoms with E-state index >= 15 is 0 Å². The molecule has 3 rings (SSSR count). The molecule has 2 amide bonds. The zero-order chi connectivity index (χ0) is 19.2. The van der Waals surface area contributed by atoms with Gasteiger partial charge >= 0.3 is 0 Å². The summed E-state index contributed by atoms with van der Waals surface area (Å²) in [6.07, 6.45) is 0.481. The summed E-state index contributed by atoms with van der Waals surface area (Å²) in [5, 5.41) is 6.46. The Morgan fingerprint density at radius 2 is 2.12 bits per heavy atom. The number of hydrogen-bond acceptors (Lipinski definition) is 6. The summed E-state index contributed by atoms with van der Waals surface area (Å²) in [7, 11) is -2.74. The molecule has 11 heteroatoms. The van der Waals surface area contributed by atoms with Crippen molar-refractivity contribution in [1.29, 1.82) is 0 Å². The van der Waals surface area contributed by atoms with Crippen molar-refractivity contribution < 1.29 is 22.7 Å². The minimum absolute atomic E-state index is 0.0298. The van der Waals surface area contributed by atoms with E-state index in [1.807, 2.05) is 4.72 Å². The van der Waals surface area contributed by atoms with Gasteiger partial charge in [0.15, 0.2) is 6.10 Å². The lowest BCUT2D eigenvalue weighted by Gasteiger charge is -2.24. The van der Waals surface area contributed by atoms with E-state index in [0.29, 0.717) is 11.3 Å². The number of carbonyl (C=O) groups is 2. The second-order valence-electron chi connectivity index (χ2n) is 5.76. The fourth-order valence-electron chi connectivity index (χ4n) is 2.52. The molecular formula is C15H15ClN4O5S. The van der Waals surface area contributed by atoms with Crippen molar-refractivity contribution in [1.82, 2.24) is 14.5 Å².